The van der Waals surface area contributed by atoms with E-state index in [2.05, 4.69) is 5.32 Å². The normalized spacial score (nSPS) is 11.9. The first-order valence-electron chi connectivity index (χ1n) is 14.0. The van der Waals surface area contributed by atoms with Crippen LogP contribution in [0.2, 0.25) is 0 Å². The molecule has 1 N–H and O–H groups in total. The van der Waals surface area contributed by atoms with Crippen LogP contribution in [0.3, 0.4) is 0 Å². The fourth-order valence-electron chi connectivity index (χ4n) is 4.85. The number of halogens is 1. The van der Waals surface area contributed by atoms with E-state index in [9.17, 15) is 22.4 Å². The number of aryl methyl sites for hydroxylation is 3. The highest BCUT2D eigenvalue weighted by Crippen LogP contribution is 2.29. The van der Waals surface area contributed by atoms with Gasteiger partial charge in [-0.15, -0.1) is 0 Å². The van der Waals surface area contributed by atoms with E-state index in [-0.39, 0.29) is 17.9 Å². The maximum Gasteiger partial charge on any atom is 0.264 e. The van der Waals surface area contributed by atoms with Gasteiger partial charge in [-0.25, -0.2) is 12.8 Å². The van der Waals surface area contributed by atoms with E-state index in [4.69, 9.17) is 0 Å². The fourth-order valence-corrected chi connectivity index (χ4v) is 6.32. The summed E-state index contributed by atoms with van der Waals surface area (Å²) in [6, 6.07) is 25.8. The first-order valence-corrected chi connectivity index (χ1v) is 15.4. The molecule has 0 aliphatic carbocycles. The van der Waals surface area contributed by atoms with Gasteiger partial charge in [0.2, 0.25) is 11.8 Å². The average molecular weight is 602 g/mol. The van der Waals surface area contributed by atoms with E-state index in [0.29, 0.717) is 16.8 Å². The van der Waals surface area contributed by atoms with Crippen molar-refractivity contribution >= 4 is 27.5 Å². The summed E-state index contributed by atoms with van der Waals surface area (Å²) in [5.41, 5.74) is 4.19. The first-order chi connectivity index (χ1) is 20.5. The third-order valence-corrected chi connectivity index (χ3v) is 9.08. The third-order valence-electron chi connectivity index (χ3n) is 7.30. The molecule has 0 saturated heterocycles. The smallest absolute Gasteiger partial charge is 0.264 e. The molecule has 43 heavy (non-hydrogen) atoms. The molecular weight excluding hydrogens is 565 g/mol. The monoisotopic (exact) mass is 601 g/mol. The van der Waals surface area contributed by atoms with Gasteiger partial charge in [0.05, 0.1) is 10.6 Å². The Labute approximate surface area is 253 Å². The molecule has 0 aliphatic rings. The van der Waals surface area contributed by atoms with E-state index in [1.165, 1.54) is 36.2 Å². The van der Waals surface area contributed by atoms with Gasteiger partial charge in [0.1, 0.15) is 18.4 Å². The number of nitrogens with zero attached hydrogens (tertiary/aromatic N) is 2. The highest BCUT2D eigenvalue weighted by atomic mass is 32.2. The molecule has 0 spiro atoms. The molecule has 0 heterocycles. The second kappa shape index (κ2) is 13.6. The zero-order chi connectivity index (χ0) is 31.1. The van der Waals surface area contributed by atoms with Gasteiger partial charge in [0, 0.05) is 20.0 Å². The lowest BCUT2D eigenvalue weighted by Crippen LogP contribution is -2.53. The predicted octanol–water partition coefficient (Wildman–Crippen LogP) is 5.33. The Morgan fingerprint density at radius 1 is 0.814 bits per heavy atom. The number of hydrogen-bond acceptors (Lipinski definition) is 4. The number of anilines is 1. The number of hydrogen-bond donors (Lipinski definition) is 1. The second-order valence-corrected chi connectivity index (χ2v) is 12.4. The zero-order valence-electron chi connectivity index (χ0n) is 24.7. The first kappa shape index (κ1) is 31.4. The lowest BCUT2D eigenvalue weighted by molar-refractivity contribution is -0.139. The Morgan fingerprint density at radius 3 is 2.07 bits per heavy atom. The molecule has 0 unspecified atom stereocenters. The number of carbonyl (C=O) groups excluding carboxylic acids is 2. The van der Waals surface area contributed by atoms with Crippen LogP contribution in [-0.4, -0.2) is 44.8 Å². The maximum absolute atomic E-state index is 14.3. The van der Waals surface area contributed by atoms with Crippen LogP contribution in [-0.2, 0) is 32.6 Å². The minimum Gasteiger partial charge on any atom is -0.357 e. The van der Waals surface area contributed by atoms with Crippen molar-refractivity contribution in [2.75, 3.05) is 17.9 Å². The summed E-state index contributed by atoms with van der Waals surface area (Å²) in [5, 5.41) is 2.65. The molecule has 2 amide bonds. The van der Waals surface area contributed by atoms with Crippen LogP contribution < -0.4 is 9.62 Å². The molecule has 0 radical (unpaired) electrons. The molecule has 4 aromatic carbocycles. The van der Waals surface area contributed by atoms with Gasteiger partial charge in [-0.2, -0.15) is 0 Å². The van der Waals surface area contributed by atoms with Crippen molar-refractivity contribution in [3.8, 4) is 0 Å². The van der Waals surface area contributed by atoms with Crippen molar-refractivity contribution in [1.82, 2.24) is 10.2 Å². The van der Waals surface area contributed by atoms with Gasteiger partial charge in [-0.3, -0.25) is 13.9 Å². The summed E-state index contributed by atoms with van der Waals surface area (Å²) in [7, 11) is -2.70. The standard InChI is InChI=1S/C34H36FN3O4S/c1-24-11-18-30(19-12-24)43(41,42)38(31-20-25(2)10-13-26(31)3)23-33(39)37(22-28-14-16-29(35)17-15-28)32(34(40)36-4)21-27-8-6-5-7-9-27/h5-20,32H,21-23H2,1-4H3,(H,36,40)/t32-/m1/s1. The number of sulfonamides is 1. The van der Waals surface area contributed by atoms with E-state index in [1.54, 1.807) is 37.3 Å². The lowest BCUT2D eigenvalue weighted by atomic mass is 10.0. The van der Waals surface area contributed by atoms with Gasteiger partial charge in [0.25, 0.3) is 10.0 Å². The van der Waals surface area contributed by atoms with Crippen LogP contribution in [0.5, 0.6) is 0 Å². The molecule has 0 saturated carbocycles. The van der Waals surface area contributed by atoms with Crippen molar-refractivity contribution in [2.24, 2.45) is 0 Å². The van der Waals surface area contributed by atoms with E-state index in [0.717, 1.165) is 21.0 Å². The minimum absolute atomic E-state index is 0.0325. The molecule has 4 rings (SSSR count). The van der Waals surface area contributed by atoms with Crippen molar-refractivity contribution in [3.05, 3.63) is 131 Å². The number of amides is 2. The third kappa shape index (κ3) is 7.67. The highest BCUT2D eigenvalue weighted by Gasteiger charge is 2.34. The van der Waals surface area contributed by atoms with Gasteiger partial charge in [-0.05, 0) is 73.4 Å². The molecule has 4 aromatic rings. The Morgan fingerprint density at radius 2 is 1.44 bits per heavy atom. The molecule has 1 atom stereocenters. The highest BCUT2D eigenvalue weighted by molar-refractivity contribution is 7.92. The number of benzene rings is 4. The second-order valence-electron chi connectivity index (χ2n) is 10.6. The van der Waals surface area contributed by atoms with Gasteiger partial charge >= 0.3 is 0 Å². The SMILES string of the molecule is CNC(=O)[C@@H](Cc1ccccc1)N(Cc1ccc(F)cc1)C(=O)CN(c1cc(C)ccc1C)S(=O)(=O)c1ccc(C)cc1. The van der Waals surface area contributed by atoms with Gasteiger partial charge in [-0.1, -0.05) is 72.3 Å². The summed E-state index contributed by atoms with van der Waals surface area (Å²) in [6.45, 7) is 4.92. The number of nitrogens with one attached hydrogen (secondary N) is 1. The van der Waals surface area contributed by atoms with Crippen LogP contribution in [0, 0.1) is 26.6 Å². The lowest BCUT2D eigenvalue weighted by Gasteiger charge is -2.34. The summed E-state index contributed by atoms with van der Waals surface area (Å²) >= 11 is 0. The predicted molar refractivity (Wildman–Crippen MR) is 167 cm³/mol. The van der Waals surface area contributed by atoms with Crippen LogP contribution in [0.25, 0.3) is 0 Å². The fraction of sp³-hybridized carbons (Fsp3) is 0.235. The van der Waals surface area contributed by atoms with E-state index < -0.39 is 40.2 Å². The minimum atomic E-state index is -4.19. The Kier molecular flexibility index (Phi) is 9.98. The van der Waals surface area contributed by atoms with Crippen LogP contribution in [0.15, 0.2) is 102 Å². The van der Waals surface area contributed by atoms with Crippen molar-refractivity contribution in [1.29, 1.82) is 0 Å². The maximum atomic E-state index is 14.3. The topological polar surface area (TPSA) is 86.8 Å². The Hall–Kier alpha value is -4.50. The Bertz CT molecular complexity index is 1680. The van der Waals surface area contributed by atoms with E-state index >= 15 is 0 Å². The van der Waals surface area contributed by atoms with Crippen molar-refractivity contribution in [2.45, 2.75) is 44.7 Å². The van der Waals surface area contributed by atoms with Crippen molar-refractivity contribution < 1.29 is 22.4 Å². The number of rotatable bonds is 11. The van der Waals surface area contributed by atoms with Crippen LogP contribution in [0.4, 0.5) is 10.1 Å². The van der Waals surface area contributed by atoms with E-state index in [1.807, 2.05) is 56.3 Å². The largest absolute Gasteiger partial charge is 0.357 e. The molecule has 9 heteroatoms. The molecule has 0 aliphatic heterocycles. The van der Waals surface area contributed by atoms with Gasteiger partial charge in [0.15, 0.2) is 0 Å². The molecule has 7 nitrogen and oxygen atoms in total. The molecule has 0 aromatic heterocycles. The van der Waals surface area contributed by atoms with Gasteiger partial charge < -0.3 is 10.2 Å². The Balaban J connectivity index is 1.81. The summed E-state index contributed by atoms with van der Waals surface area (Å²) in [6.07, 6.45) is 0.196. The summed E-state index contributed by atoms with van der Waals surface area (Å²) < 4.78 is 43.1. The molecule has 0 bridgehead atoms. The number of carbonyl (C=O) groups is 2. The van der Waals surface area contributed by atoms with Crippen LogP contribution >= 0.6 is 0 Å². The van der Waals surface area contributed by atoms with Crippen molar-refractivity contribution in [3.63, 3.8) is 0 Å². The quantitative estimate of drug-likeness (QED) is 0.252. The summed E-state index contributed by atoms with van der Waals surface area (Å²) in [5.74, 6) is -1.41. The molecule has 0 fully saturated rings. The molecular formula is C34H36FN3O4S. The number of likely N-dealkylation sites (N-methyl/N-ethyl adjacent to an activating group) is 1. The zero-order valence-corrected chi connectivity index (χ0v) is 25.6. The molecule has 224 valence electrons. The average Bonchev–Trinajstić information content (AvgIpc) is 3.00. The van der Waals surface area contributed by atoms with Crippen LogP contribution in [0.1, 0.15) is 27.8 Å². The summed E-state index contributed by atoms with van der Waals surface area (Å²) in [4.78, 5) is 29.1.